The van der Waals surface area contributed by atoms with Crippen molar-refractivity contribution in [1.82, 2.24) is 0 Å². The first-order chi connectivity index (χ1) is 12.8. The van der Waals surface area contributed by atoms with Crippen molar-refractivity contribution in [2.45, 2.75) is 13.0 Å². The molecule has 0 bridgehead atoms. The molecular formula is C18H14ClF2NO5. The Bertz CT molecular complexity index is 906. The van der Waals surface area contributed by atoms with Crippen molar-refractivity contribution in [2.24, 2.45) is 0 Å². The van der Waals surface area contributed by atoms with E-state index in [-0.39, 0.29) is 16.3 Å². The highest BCUT2D eigenvalue weighted by Gasteiger charge is 2.23. The molecule has 0 unspecified atom stereocenters. The first-order valence-electron chi connectivity index (χ1n) is 7.91. The Morgan fingerprint density at radius 3 is 2.67 bits per heavy atom. The van der Waals surface area contributed by atoms with Gasteiger partial charge in [-0.05, 0) is 31.2 Å². The summed E-state index contributed by atoms with van der Waals surface area (Å²) in [4.78, 5) is 24.4. The smallest absolute Gasteiger partial charge is 0.339 e. The quantitative estimate of drug-likeness (QED) is 0.798. The van der Waals surface area contributed by atoms with Crippen LogP contribution >= 0.6 is 11.6 Å². The van der Waals surface area contributed by atoms with Gasteiger partial charge in [0.1, 0.15) is 24.8 Å². The largest absolute Gasteiger partial charge is 0.486 e. The lowest BCUT2D eigenvalue weighted by molar-refractivity contribution is -0.123. The fraction of sp³-hybridized carbons (Fsp3) is 0.222. The second-order valence-electron chi connectivity index (χ2n) is 5.64. The van der Waals surface area contributed by atoms with Gasteiger partial charge in [0.25, 0.3) is 5.91 Å². The van der Waals surface area contributed by atoms with Crippen LogP contribution in [0.4, 0.5) is 14.5 Å². The molecule has 0 fully saturated rings. The molecular weight excluding hydrogens is 384 g/mol. The van der Waals surface area contributed by atoms with Crippen LogP contribution < -0.4 is 14.8 Å². The van der Waals surface area contributed by atoms with Gasteiger partial charge in [-0.15, -0.1) is 0 Å². The minimum absolute atomic E-state index is 0.0665. The maximum Gasteiger partial charge on any atom is 0.339 e. The number of amides is 1. The molecule has 2 aromatic rings. The highest BCUT2D eigenvalue weighted by atomic mass is 35.5. The van der Waals surface area contributed by atoms with Crippen LogP contribution in [0.5, 0.6) is 11.5 Å². The summed E-state index contributed by atoms with van der Waals surface area (Å²) in [6, 6.07) is 5.42. The maximum absolute atomic E-state index is 13.6. The van der Waals surface area contributed by atoms with Gasteiger partial charge in [-0.3, -0.25) is 4.79 Å². The molecule has 0 saturated heterocycles. The van der Waals surface area contributed by atoms with Crippen LogP contribution in [-0.4, -0.2) is 31.2 Å². The third kappa shape index (κ3) is 4.28. The number of hydrogen-bond acceptors (Lipinski definition) is 5. The average molecular weight is 398 g/mol. The summed E-state index contributed by atoms with van der Waals surface area (Å²) in [6.07, 6.45) is -1.24. The summed E-state index contributed by atoms with van der Waals surface area (Å²) in [5, 5.41) is 2.40. The molecule has 27 heavy (non-hydrogen) atoms. The summed E-state index contributed by atoms with van der Waals surface area (Å²) in [5.74, 6) is -2.70. The molecule has 2 aromatic carbocycles. The molecule has 0 aromatic heterocycles. The molecule has 1 aliphatic heterocycles. The van der Waals surface area contributed by atoms with Crippen LogP contribution in [0.1, 0.15) is 17.3 Å². The van der Waals surface area contributed by atoms with E-state index in [1.165, 1.54) is 19.1 Å². The number of carbonyl (C=O) groups excluding carboxylic acids is 2. The zero-order valence-electron chi connectivity index (χ0n) is 14.1. The van der Waals surface area contributed by atoms with E-state index < -0.39 is 29.6 Å². The molecule has 0 aliphatic carbocycles. The molecule has 3 rings (SSSR count). The summed E-state index contributed by atoms with van der Waals surface area (Å²) < 4.78 is 42.3. The van der Waals surface area contributed by atoms with Crippen molar-refractivity contribution < 1.29 is 32.6 Å². The first kappa shape index (κ1) is 18.9. The molecule has 0 radical (unpaired) electrons. The number of fused-ring (bicyclic) bond motifs is 1. The summed E-state index contributed by atoms with van der Waals surface area (Å²) in [5.41, 5.74) is -0.163. The Morgan fingerprint density at radius 1 is 1.19 bits per heavy atom. The standard InChI is InChI=1S/C18H14ClF2NO5/c1-9(17(23)22-14-3-2-11(20)8-13(14)21)27-18(24)10-6-12(19)16-15(7-10)25-4-5-26-16/h2-3,6-9H,4-5H2,1H3,(H,22,23)/t9-/m0/s1. The van der Waals surface area contributed by atoms with Crippen LogP contribution in [0.2, 0.25) is 5.02 Å². The van der Waals surface area contributed by atoms with Crippen LogP contribution in [0.25, 0.3) is 0 Å². The Hall–Kier alpha value is -2.87. The number of anilines is 1. The van der Waals surface area contributed by atoms with Crippen LogP contribution in [0.15, 0.2) is 30.3 Å². The van der Waals surface area contributed by atoms with E-state index in [1.807, 2.05) is 0 Å². The number of nitrogens with one attached hydrogen (secondary N) is 1. The lowest BCUT2D eigenvalue weighted by Crippen LogP contribution is -2.30. The van der Waals surface area contributed by atoms with E-state index in [0.29, 0.717) is 30.8 Å². The number of rotatable bonds is 4. The van der Waals surface area contributed by atoms with Gasteiger partial charge in [0.15, 0.2) is 17.6 Å². The normalized spacial score (nSPS) is 13.6. The highest BCUT2D eigenvalue weighted by Crippen LogP contribution is 2.38. The van der Waals surface area contributed by atoms with Gasteiger partial charge in [-0.25, -0.2) is 13.6 Å². The number of carbonyl (C=O) groups is 2. The van der Waals surface area contributed by atoms with Gasteiger partial charge in [0.2, 0.25) is 0 Å². The Morgan fingerprint density at radius 2 is 1.93 bits per heavy atom. The number of hydrogen-bond donors (Lipinski definition) is 1. The molecule has 1 atom stereocenters. The van der Waals surface area contributed by atoms with Crippen LogP contribution in [0, 0.1) is 11.6 Å². The molecule has 6 nitrogen and oxygen atoms in total. The zero-order valence-corrected chi connectivity index (χ0v) is 14.8. The molecule has 0 spiro atoms. The van der Waals surface area contributed by atoms with E-state index in [2.05, 4.69) is 5.32 Å². The van der Waals surface area contributed by atoms with Gasteiger partial charge in [-0.2, -0.15) is 0 Å². The van der Waals surface area contributed by atoms with Crippen LogP contribution in [-0.2, 0) is 9.53 Å². The first-order valence-corrected chi connectivity index (χ1v) is 8.29. The lowest BCUT2D eigenvalue weighted by atomic mass is 10.2. The third-order valence-corrected chi connectivity index (χ3v) is 3.96. The number of ether oxygens (including phenoxy) is 3. The molecule has 9 heteroatoms. The molecule has 1 amide bonds. The monoisotopic (exact) mass is 397 g/mol. The lowest BCUT2D eigenvalue weighted by Gasteiger charge is -2.20. The molecule has 1 aliphatic rings. The van der Waals surface area contributed by atoms with Gasteiger partial charge in [0.05, 0.1) is 16.3 Å². The predicted octanol–water partition coefficient (Wildman–Crippen LogP) is 3.57. The Balaban J connectivity index is 1.68. The summed E-state index contributed by atoms with van der Waals surface area (Å²) >= 11 is 6.06. The fourth-order valence-electron chi connectivity index (χ4n) is 2.34. The van der Waals surface area contributed by atoms with Crippen molar-refractivity contribution in [3.05, 3.63) is 52.6 Å². The highest BCUT2D eigenvalue weighted by molar-refractivity contribution is 6.32. The number of esters is 1. The summed E-state index contributed by atoms with van der Waals surface area (Å²) in [6.45, 7) is 1.96. The topological polar surface area (TPSA) is 73.9 Å². The second-order valence-corrected chi connectivity index (χ2v) is 6.05. The van der Waals surface area contributed by atoms with Gasteiger partial charge < -0.3 is 19.5 Å². The summed E-state index contributed by atoms with van der Waals surface area (Å²) in [7, 11) is 0. The molecule has 1 N–H and O–H groups in total. The molecule has 0 saturated carbocycles. The Labute approximate surface area is 158 Å². The van der Waals surface area contributed by atoms with Crippen molar-refractivity contribution in [3.63, 3.8) is 0 Å². The fourth-order valence-corrected chi connectivity index (χ4v) is 2.60. The van der Waals surface area contributed by atoms with Gasteiger partial charge in [-0.1, -0.05) is 11.6 Å². The van der Waals surface area contributed by atoms with E-state index in [1.54, 1.807) is 0 Å². The van der Waals surface area contributed by atoms with E-state index in [0.717, 1.165) is 12.1 Å². The maximum atomic E-state index is 13.6. The molecule has 1 heterocycles. The SMILES string of the molecule is C[C@H](OC(=O)c1cc(Cl)c2c(c1)OCCO2)C(=O)Nc1ccc(F)cc1F. The van der Waals surface area contributed by atoms with Crippen LogP contribution in [0.3, 0.4) is 0 Å². The Kier molecular flexibility index (Phi) is 5.46. The minimum atomic E-state index is -1.24. The van der Waals surface area contributed by atoms with E-state index in [9.17, 15) is 18.4 Å². The average Bonchev–Trinajstić information content (AvgIpc) is 2.63. The van der Waals surface area contributed by atoms with E-state index in [4.69, 9.17) is 25.8 Å². The van der Waals surface area contributed by atoms with Crippen molar-refractivity contribution >= 4 is 29.2 Å². The van der Waals surface area contributed by atoms with Crippen molar-refractivity contribution in [2.75, 3.05) is 18.5 Å². The predicted molar refractivity (Wildman–Crippen MR) is 92.3 cm³/mol. The van der Waals surface area contributed by atoms with Crippen molar-refractivity contribution in [1.29, 1.82) is 0 Å². The number of benzene rings is 2. The van der Waals surface area contributed by atoms with E-state index >= 15 is 0 Å². The van der Waals surface area contributed by atoms with Gasteiger partial charge in [0, 0.05) is 6.07 Å². The second kappa shape index (κ2) is 7.79. The minimum Gasteiger partial charge on any atom is -0.486 e. The zero-order chi connectivity index (χ0) is 19.6. The third-order valence-electron chi connectivity index (χ3n) is 3.67. The molecule has 142 valence electrons. The van der Waals surface area contributed by atoms with Crippen molar-refractivity contribution in [3.8, 4) is 11.5 Å². The number of halogens is 3. The van der Waals surface area contributed by atoms with Gasteiger partial charge >= 0.3 is 5.97 Å².